The van der Waals surface area contributed by atoms with Gasteiger partial charge < -0.3 is 14.8 Å². The van der Waals surface area contributed by atoms with E-state index in [9.17, 15) is 0 Å². The Hall–Kier alpha value is -1.38. The van der Waals surface area contributed by atoms with E-state index in [2.05, 4.69) is 12.2 Å². The van der Waals surface area contributed by atoms with Crippen LogP contribution in [0, 0.1) is 0 Å². The summed E-state index contributed by atoms with van der Waals surface area (Å²) in [5.74, 6) is 1.53. The minimum absolute atomic E-state index is 0.765. The lowest BCUT2D eigenvalue weighted by Gasteiger charge is -2.11. The highest BCUT2D eigenvalue weighted by Gasteiger charge is 2.03. The van der Waals surface area contributed by atoms with Crippen LogP contribution in [0.3, 0.4) is 0 Å². The van der Waals surface area contributed by atoms with Crippen molar-refractivity contribution in [3.05, 3.63) is 18.2 Å². The van der Waals surface area contributed by atoms with Crippen LogP contribution in [0.2, 0.25) is 0 Å². The summed E-state index contributed by atoms with van der Waals surface area (Å²) in [5, 5.41) is 3.37. The molecule has 0 amide bonds. The summed E-state index contributed by atoms with van der Waals surface area (Å²) in [6, 6.07) is 5.89. The molecule has 0 aliphatic carbocycles. The van der Waals surface area contributed by atoms with Gasteiger partial charge in [0.05, 0.1) is 14.2 Å². The lowest BCUT2D eigenvalue weighted by Crippen LogP contribution is -2.01. The van der Waals surface area contributed by atoms with Gasteiger partial charge >= 0.3 is 0 Å². The summed E-state index contributed by atoms with van der Waals surface area (Å²) in [4.78, 5) is 0. The summed E-state index contributed by atoms with van der Waals surface area (Å²) in [7, 11) is 3.30. The minimum Gasteiger partial charge on any atom is -0.493 e. The molecule has 0 unspecified atom stereocenters. The largest absolute Gasteiger partial charge is 0.493 e. The normalized spacial score (nSPS) is 9.94. The lowest BCUT2D eigenvalue weighted by molar-refractivity contribution is 0.355. The van der Waals surface area contributed by atoms with Gasteiger partial charge in [0, 0.05) is 18.3 Å². The van der Waals surface area contributed by atoms with Gasteiger partial charge in [0.2, 0.25) is 0 Å². The van der Waals surface area contributed by atoms with E-state index >= 15 is 0 Å². The van der Waals surface area contributed by atoms with E-state index in [1.54, 1.807) is 14.2 Å². The molecule has 1 aromatic rings. The molecule has 16 heavy (non-hydrogen) atoms. The molecule has 0 spiro atoms. The molecule has 0 atom stereocenters. The fraction of sp³-hybridized carbons (Fsp3) is 0.538. The average molecular weight is 223 g/mol. The van der Waals surface area contributed by atoms with Gasteiger partial charge in [-0.3, -0.25) is 0 Å². The van der Waals surface area contributed by atoms with E-state index in [4.69, 9.17) is 9.47 Å². The van der Waals surface area contributed by atoms with Gasteiger partial charge in [0.15, 0.2) is 11.5 Å². The molecule has 0 saturated heterocycles. The summed E-state index contributed by atoms with van der Waals surface area (Å²) in [6.45, 7) is 3.21. The monoisotopic (exact) mass is 223 g/mol. The van der Waals surface area contributed by atoms with Crippen molar-refractivity contribution in [2.24, 2.45) is 0 Å². The fourth-order valence-corrected chi connectivity index (χ4v) is 1.55. The lowest BCUT2D eigenvalue weighted by atomic mass is 10.2. The first-order valence-corrected chi connectivity index (χ1v) is 5.77. The molecule has 0 fully saturated rings. The van der Waals surface area contributed by atoms with Crippen molar-refractivity contribution in [3.63, 3.8) is 0 Å². The van der Waals surface area contributed by atoms with Gasteiger partial charge in [-0.25, -0.2) is 0 Å². The summed E-state index contributed by atoms with van der Waals surface area (Å²) >= 11 is 0. The Balaban J connectivity index is 2.54. The van der Waals surface area contributed by atoms with Crippen LogP contribution in [0.25, 0.3) is 0 Å². The Labute approximate surface area is 97.8 Å². The second-order valence-corrected chi connectivity index (χ2v) is 3.70. The fourth-order valence-electron chi connectivity index (χ4n) is 1.55. The van der Waals surface area contributed by atoms with E-state index < -0.39 is 0 Å². The highest BCUT2D eigenvalue weighted by Crippen LogP contribution is 2.29. The van der Waals surface area contributed by atoms with E-state index in [0.717, 1.165) is 23.7 Å². The van der Waals surface area contributed by atoms with Crippen molar-refractivity contribution in [1.82, 2.24) is 0 Å². The molecular weight excluding hydrogens is 202 g/mol. The summed E-state index contributed by atoms with van der Waals surface area (Å²) in [5.41, 5.74) is 1.08. The Morgan fingerprint density at radius 1 is 1.06 bits per heavy atom. The first kappa shape index (κ1) is 12.7. The molecule has 1 N–H and O–H groups in total. The summed E-state index contributed by atoms with van der Waals surface area (Å²) < 4.78 is 10.4. The van der Waals surface area contributed by atoms with Crippen LogP contribution in [0.1, 0.15) is 26.2 Å². The number of rotatable bonds is 7. The van der Waals surface area contributed by atoms with Crippen molar-refractivity contribution in [2.45, 2.75) is 26.2 Å². The van der Waals surface area contributed by atoms with E-state index in [1.165, 1.54) is 19.3 Å². The van der Waals surface area contributed by atoms with Crippen LogP contribution in [-0.4, -0.2) is 20.8 Å². The molecule has 3 nitrogen and oxygen atoms in total. The van der Waals surface area contributed by atoms with Gasteiger partial charge in [-0.05, 0) is 18.6 Å². The van der Waals surface area contributed by atoms with Crippen LogP contribution in [0.15, 0.2) is 18.2 Å². The first-order valence-electron chi connectivity index (χ1n) is 5.77. The number of nitrogens with one attached hydrogen (secondary N) is 1. The molecule has 1 rings (SSSR count). The van der Waals surface area contributed by atoms with Crippen LogP contribution in [-0.2, 0) is 0 Å². The zero-order valence-electron chi connectivity index (χ0n) is 10.4. The van der Waals surface area contributed by atoms with Crippen LogP contribution in [0.4, 0.5) is 5.69 Å². The number of benzene rings is 1. The van der Waals surface area contributed by atoms with Crippen LogP contribution in [0.5, 0.6) is 11.5 Å². The molecule has 0 bridgehead atoms. The number of unbranched alkanes of at least 4 members (excludes halogenated alkanes) is 2. The third-order valence-corrected chi connectivity index (χ3v) is 2.49. The Bertz CT molecular complexity index is 313. The maximum absolute atomic E-state index is 5.24. The topological polar surface area (TPSA) is 30.5 Å². The third kappa shape index (κ3) is 3.65. The van der Waals surface area contributed by atoms with Crippen LogP contribution < -0.4 is 14.8 Å². The molecule has 0 aliphatic heterocycles. The second kappa shape index (κ2) is 6.99. The van der Waals surface area contributed by atoms with Gasteiger partial charge in [0.25, 0.3) is 0 Å². The molecular formula is C13H21NO2. The predicted octanol–water partition coefficient (Wildman–Crippen LogP) is 3.31. The molecule has 90 valence electrons. The number of hydrogen-bond donors (Lipinski definition) is 1. The number of ether oxygens (including phenoxy) is 2. The van der Waals surface area contributed by atoms with Gasteiger partial charge in [-0.2, -0.15) is 0 Å². The van der Waals surface area contributed by atoms with Crippen molar-refractivity contribution < 1.29 is 9.47 Å². The highest BCUT2D eigenvalue weighted by atomic mass is 16.5. The zero-order valence-corrected chi connectivity index (χ0v) is 10.4. The summed E-state index contributed by atoms with van der Waals surface area (Å²) in [6.07, 6.45) is 3.71. The maximum atomic E-state index is 5.24. The molecule has 3 heteroatoms. The Kier molecular flexibility index (Phi) is 5.54. The van der Waals surface area contributed by atoms with Crippen LogP contribution >= 0.6 is 0 Å². The maximum Gasteiger partial charge on any atom is 0.162 e. The predicted molar refractivity (Wildman–Crippen MR) is 67.6 cm³/mol. The standard InChI is InChI=1S/C13H21NO2/c1-4-5-6-9-14-11-7-8-12(15-2)13(10-11)16-3/h7-8,10,14H,4-6,9H2,1-3H3. The molecule has 0 saturated carbocycles. The molecule has 0 heterocycles. The number of hydrogen-bond acceptors (Lipinski definition) is 3. The second-order valence-electron chi connectivity index (χ2n) is 3.70. The van der Waals surface area contributed by atoms with E-state index in [1.807, 2.05) is 18.2 Å². The zero-order chi connectivity index (χ0) is 11.8. The smallest absolute Gasteiger partial charge is 0.162 e. The molecule has 0 aromatic heterocycles. The van der Waals surface area contributed by atoms with E-state index in [-0.39, 0.29) is 0 Å². The Morgan fingerprint density at radius 3 is 2.44 bits per heavy atom. The third-order valence-electron chi connectivity index (χ3n) is 2.49. The van der Waals surface area contributed by atoms with Crippen molar-refractivity contribution in [1.29, 1.82) is 0 Å². The van der Waals surface area contributed by atoms with Gasteiger partial charge in [-0.15, -0.1) is 0 Å². The van der Waals surface area contributed by atoms with Gasteiger partial charge in [0.1, 0.15) is 0 Å². The first-order chi connectivity index (χ1) is 7.81. The number of methoxy groups -OCH3 is 2. The van der Waals surface area contributed by atoms with Crippen molar-refractivity contribution in [3.8, 4) is 11.5 Å². The molecule has 0 radical (unpaired) electrons. The molecule has 0 aliphatic rings. The molecule has 1 aromatic carbocycles. The quantitative estimate of drug-likeness (QED) is 0.719. The van der Waals surface area contributed by atoms with Crippen molar-refractivity contribution >= 4 is 5.69 Å². The minimum atomic E-state index is 0.765. The average Bonchev–Trinajstić information content (AvgIpc) is 2.34. The number of anilines is 1. The SMILES string of the molecule is CCCCCNc1ccc(OC)c(OC)c1. The Morgan fingerprint density at radius 2 is 1.81 bits per heavy atom. The van der Waals surface area contributed by atoms with Gasteiger partial charge in [-0.1, -0.05) is 19.8 Å². The highest BCUT2D eigenvalue weighted by molar-refractivity contribution is 5.54. The van der Waals surface area contributed by atoms with Crippen molar-refractivity contribution in [2.75, 3.05) is 26.1 Å². The van der Waals surface area contributed by atoms with E-state index in [0.29, 0.717) is 0 Å².